The van der Waals surface area contributed by atoms with Gasteiger partial charge in [0, 0.05) is 24.2 Å². The average Bonchev–Trinajstić information content (AvgIpc) is 2.56. The van der Waals surface area contributed by atoms with Gasteiger partial charge in [-0.3, -0.25) is 19.8 Å². The van der Waals surface area contributed by atoms with E-state index in [-0.39, 0.29) is 18.1 Å². The molecule has 0 saturated carbocycles. The van der Waals surface area contributed by atoms with Crippen molar-refractivity contribution in [1.82, 2.24) is 4.90 Å². The van der Waals surface area contributed by atoms with Crippen LogP contribution in [-0.2, 0) is 11.3 Å². The van der Waals surface area contributed by atoms with Gasteiger partial charge in [0.15, 0.2) is 0 Å². The van der Waals surface area contributed by atoms with Crippen LogP contribution in [0.15, 0.2) is 36.4 Å². The minimum absolute atomic E-state index is 0.0521. The largest absolute Gasteiger partial charge is 0.496 e. The fourth-order valence-corrected chi connectivity index (χ4v) is 2.67. The zero-order chi connectivity index (χ0) is 19.3. The first-order chi connectivity index (χ1) is 12.3. The third-order valence-corrected chi connectivity index (χ3v) is 4.00. The quantitative estimate of drug-likeness (QED) is 0.607. The van der Waals surface area contributed by atoms with Crippen molar-refractivity contribution >= 4 is 17.3 Å². The van der Waals surface area contributed by atoms with E-state index in [0.717, 1.165) is 22.4 Å². The molecule has 138 valence electrons. The lowest BCUT2D eigenvalue weighted by atomic mass is 10.1. The number of benzene rings is 2. The van der Waals surface area contributed by atoms with E-state index in [1.807, 2.05) is 37.1 Å². The van der Waals surface area contributed by atoms with Crippen LogP contribution >= 0.6 is 0 Å². The second kappa shape index (κ2) is 8.44. The molecule has 0 fully saturated rings. The Hall–Kier alpha value is -2.93. The van der Waals surface area contributed by atoms with Crippen molar-refractivity contribution in [3.8, 4) is 5.75 Å². The van der Waals surface area contributed by atoms with Crippen LogP contribution in [0.2, 0.25) is 0 Å². The second-order valence-corrected chi connectivity index (χ2v) is 6.29. The third kappa shape index (κ3) is 5.03. The third-order valence-electron chi connectivity index (χ3n) is 4.00. The summed E-state index contributed by atoms with van der Waals surface area (Å²) in [5, 5.41) is 13.6. The number of rotatable bonds is 7. The Bertz CT molecular complexity index is 820. The van der Waals surface area contributed by atoms with Gasteiger partial charge in [0.1, 0.15) is 5.75 Å². The van der Waals surface area contributed by atoms with Gasteiger partial charge in [-0.1, -0.05) is 23.8 Å². The van der Waals surface area contributed by atoms with Crippen molar-refractivity contribution in [1.29, 1.82) is 0 Å². The highest BCUT2D eigenvalue weighted by Crippen LogP contribution is 2.23. The van der Waals surface area contributed by atoms with E-state index >= 15 is 0 Å². The number of aryl methyl sites for hydroxylation is 2. The summed E-state index contributed by atoms with van der Waals surface area (Å²) in [6.07, 6.45) is 0. The van der Waals surface area contributed by atoms with Crippen molar-refractivity contribution in [3.63, 3.8) is 0 Å². The molecule has 0 radical (unpaired) electrons. The van der Waals surface area contributed by atoms with Gasteiger partial charge in [0.2, 0.25) is 5.91 Å². The highest BCUT2D eigenvalue weighted by atomic mass is 16.6. The van der Waals surface area contributed by atoms with Crippen LogP contribution in [0.3, 0.4) is 0 Å². The smallest absolute Gasteiger partial charge is 0.271 e. The molecule has 2 rings (SSSR count). The number of amides is 1. The number of likely N-dealkylation sites (N-methyl/N-ethyl adjacent to an activating group) is 1. The number of non-ortho nitro benzene ring substituents is 1. The molecule has 0 saturated heterocycles. The number of nitrogens with one attached hydrogen (secondary N) is 1. The molecule has 0 aliphatic carbocycles. The number of ether oxygens (including phenoxy) is 1. The van der Waals surface area contributed by atoms with Crippen molar-refractivity contribution < 1.29 is 14.5 Å². The summed E-state index contributed by atoms with van der Waals surface area (Å²) in [6, 6.07) is 10.3. The zero-order valence-electron chi connectivity index (χ0n) is 15.4. The number of nitrogens with zero attached hydrogens (tertiary/aromatic N) is 2. The van der Waals surface area contributed by atoms with Gasteiger partial charge in [0.05, 0.1) is 24.3 Å². The highest BCUT2D eigenvalue weighted by Gasteiger charge is 2.14. The molecule has 0 aromatic heterocycles. The van der Waals surface area contributed by atoms with Crippen LogP contribution in [0.1, 0.15) is 16.7 Å². The summed E-state index contributed by atoms with van der Waals surface area (Å²) in [5.74, 6) is 0.542. The molecule has 0 aliphatic heterocycles. The fourth-order valence-electron chi connectivity index (χ4n) is 2.67. The molecule has 2 aromatic carbocycles. The summed E-state index contributed by atoms with van der Waals surface area (Å²) in [6.45, 7) is 4.49. The number of hydrogen-bond donors (Lipinski definition) is 1. The number of carbonyl (C=O) groups is 1. The molecule has 0 spiro atoms. The summed E-state index contributed by atoms with van der Waals surface area (Å²) in [7, 11) is 3.45. The molecule has 7 nitrogen and oxygen atoms in total. The Balaban J connectivity index is 2.03. The maximum absolute atomic E-state index is 12.3. The summed E-state index contributed by atoms with van der Waals surface area (Å²) < 4.78 is 5.36. The molecule has 0 atom stereocenters. The fraction of sp³-hybridized carbons (Fsp3) is 0.316. The summed E-state index contributed by atoms with van der Waals surface area (Å²) >= 11 is 0. The monoisotopic (exact) mass is 357 g/mol. The van der Waals surface area contributed by atoms with E-state index in [0.29, 0.717) is 12.2 Å². The Kier molecular flexibility index (Phi) is 6.30. The van der Waals surface area contributed by atoms with Gasteiger partial charge < -0.3 is 10.1 Å². The lowest BCUT2D eigenvalue weighted by Crippen LogP contribution is -2.30. The molecule has 26 heavy (non-hydrogen) atoms. The molecule has 0 aliphatic rings. The Labute approximate surface area is 152 Å². The molecule has 0 unspecified atom stereocenters. The van der Waals surface area contributed by atoms with Gasteiger partial charge in [-0.25, -0.2) is 0 Å². The highest BCUT2D eigenvalue weighted by molar-refractivity contribution is 5.93. The predicted octanol–water partition coefficient (Wildman–Crippen LogP) is 3.29. The SMILES string of the molecule is COc1ccc(C)cc1CN(C)CC(=O)Nc1cc([N+](=O)[O-])ccc1C. The van der Waals surface area contributed by atoms with E-state index < -0.39 is 4.92 Å². The van der Waals surface area contributed by atoms with E-state index in [1.165, 1.54) is 12.1 Å². The second-order valence-electron chi connectivity index (χ2n) is 6.29. The molecular formula is C19H23N3O4. The zero-order valence-corrected chi connectivity index (χ0v) is 15.4. The first-order valence-corrected chi connectivity index (χ1v) is 8.17. The first-order valence-electron chi connectivity index (χ1n) is 8.17. The topological polar surface area (TPSA) is 84.7 Å². The average molecular weight is 357 g/mol. The summed E-state index contributed by atoms with van der Waals surface area (Å²) in [5.41, 5.74) is 3.28. The number of hydrogen-bond acceptors (Lipinski definition) is 5. The number of carbonyl (C=O) groups excluding carboxylic acids is 1. The molecule has 7 heteroatoms. The van der Waals surface area contributed by atoms with Crippen LogP contribution in [-0.4, -0.2) is 36.4 Å². The lowest BCUT2D eigenvalue weighted by Gasteiger charge is -2.19. The molecular weight excluding hydrogens is 334 g/mol. The van der Waals surface area contributed by atoms with Gasteiger partial charge in [0.25, 0.3) is 5.69 Å². The predicted molar refractivity (Wildman–Crippen MR) is 101 cm³/mol. The molecule has 1 N–H and O–H groups in total. The van der Waals surface area contributed by atoms with Crippen molar-refractivity contribution in [2.24, 2.45) is 0 Å². The van der Waals surface area contributed by atoms with Crippen molar-refractivity contribution in [2.75, 3.05) is 26.0 Å². The maximum Gasteiger partial charge on any atom is 0.271 e. The number of methoxy groups -OCH3 is 1. The number of nitro benzene ring substituents is 1. The molecule has 2 aromatic rings. The van der Waals surface area contributed by atoms with Gasteiger partial charge in [-0.2, -0.15) is 0 Å². The van der Waals surface area contributed by atoms with Crippen molar-refractivity contribution in [2.45, 2.75) is 20.4 Å². The van der Waals surface area contributed by atoms with Crippen LogP contribution in [0.5, 0.6) is 5.75 Å². The van der Waals surface area contributed by atoms with E-state index in [9.17, 15) is 14.9 Å². The Morgan fingerprint density at radius 1 is 1.23 bits per heavy atom. The van der Waals surface area contributed by atoms with Crippen LogP contribution in [0, 0.1) is 24.0 Å². The van der Waals surface area contributed by atoms with E-state index in [4.69, 9.17) is 4.74 Å². The van der Waals surface area contributed by atoms with Gasteiger partial charge in [-0.05, 0) is 32.5 Å². The Morgan fingerprint density at radius 2 is 1.96 bits per heavy atom. The minimum Gasteiger partial charge on any atom is -0.496 e. The number of anilines is 1. The normalized spacial score (nSPS) is 10.7. The standard InChI is InChI=1S/C19H23N3O4/c1-13-5-8-18(26-4)15(9-13)11-21(3)12-19(23)20-17-10-16(22(24)25)7-6-14(17)2/h5-10H,11-12H2,1-4H3,(H,20,23). The Morgan fingerprint density at radius 3 is 2.62 bits per heavy atom. The molecule has 0 bridgehead atoms. The van der Waals surface area contributed by atoms with Gasteiger partial charge >= 0.3 is 0 Å². The lowest BCUT2D eigenvalue weighted by molar-refractivity contribution is -0.384. The first kappa shape index (κ1) is 19.4. The van der Waals surface area contributed by atoms with Gasteiger partial charge in [-0.15, -0.1) is 0 Å². The molecule has 1 amide bonds. The summed E-state index contributed by atoms with van der Waals surface area (Å²) in [4.78, 5) is 24.6. The van der Waals surface area contributed by atoms with Crippen molar-refractivity contribution in [3.05, 3.63) is 63.2 Å². The maximum atomic E-state index is 12.3. The van der Waals surface area contributed by atoms with Crippen LogP contribution < -0.4 is 10.1 Å². The number of nitro groups is 1. The van der Waals surface area contributed by atoms with E-state index in [1.54, 1.807) is 20.1 Å². The minimum atomic E-state index is -0.481. The molecule has 0 heterocycles. The van der Waals surface area contributed by atoms with E-state index in [2.05, 4.69) is 5.32 Å². The van der Waals surface area contributed by atoms with Crippen LogP contribution in [0.4, 0.5) is 11.4 Å². The van der Waals surface area contributed by atoms with Crippen LogP contribution in [0.25, 0.3) is 0 Å².